The van der Waals surface area contributed by atoms with Gasteiger partial charge in [-0.05, 0) is 31.7 Å². The van der Waals surface area contributed by atoms with Crippen molar-refractivity contribution < 1.29 is 4.79 Å². The maximum absolute atomic E-state index is 12.7. The molecule has 1 aliphatic carbocycles. The molecule has 1 aromatic heterocycles. The lowest BCUT2D eigenvalue weighted by Gasteiger charge is -2.31. The van der Waals surface area contributed by atoms with E-state index in [1.807, 2.05) is 24.3 Å². The zero-order chi connectivity index (χ0) is 15.2. The van der Waals surface area contributed by atoms with Gasteiger partial charge in [-0.1, -0.05) is 32.0 Å². The van der Waals surface area contributed by atoms with Crippen LogP contribution in [0.1, 0.15) is 50.2 Å². The lowest BCUT2D eigenvalue weighted by molar-refractivity contribution is 0.0911. The van der Waals surface area contributed by atoms with Crippen molar-refractivity contribution in [1.82, 2.24) is 4.98 Å². The Kier molecular flexibility index (Phi) is 4.48. The number of benzene rings is 1. The Morgan fingerprint density at radius 2 is 1.86 bits per heavy atom. The number of nitrogens with one attached hydrogen (secondary N) is 1. The van der Waals surface area contributed by atoms with Crippen LogP contribution in [-0.2, 0) is 6.42 Å². The van der Waals surface area contributed by atoms with Crippen molar-refractivity contribution in [3.63, 3.8) is 0 Å². The second-order valence-corrected chi connectivity index (χ2v) is 7.07. The van der Waals surface area contributed by atoms with E-state index in [4.69, 9.17) is 4.98 Å². The number of halogens is 1. The lowest BCUT2D eigenvalue weighted by atomic mass is 9.75. The monoisotopic (exact) mass is 318 g/mol. The second-order valence-electron chi connectivity index (χ2n) is 7.07. The first-order valence-corrected chi connectivity index (χ1v) is 7.59. The van der Waals surface area contributed by atoms with Crippen molar-refractivity contribution in [3.05, 3.63) is 35.5 Å². The minimum atomic E-state index is -0.00532. The number of fused-ring (bicyclic) bond motifs is 2. The molecule has 1 N–H and O–H groups in total. The maximum atomic E-state index is 12.7. The number of rotatable bonds is 2. The van der Waals surface area contributed by atoms with E-state index in [-0.39, 0.29) is 29.6 Å². The normalized spacial score (nSPS) is 16.3. The molecule has 3 rings (SSSR count). The van der Waals surface area contributed by atoms with E-state index < -0.39 is 0 Å². The van der Waals surface area contributed by atoms with Gasteiger partial charge in [-0.15, -0.1) is 12.4 Å². The van der Waals surface area contributed by atoms with Crippen LogP contribution in [0.5, 0.6) is 0 Å². The van der Waals surface area contributed by atoms with Crippen LogP contribution in [0.2, 0.25) is 0 Å². The van der Waals surface area contributed by atoms with Gasteiger partial charge in [-0.25, -0.2) is 0 Å². The first-order valence-electron chi connectivity index (χ1n) is 7.59. The zero-order valence-electron chi connectivity index (χ0n) is 13.6. The van der Waals surface area contributed by atoms with E-state index in [9.17, 15) is 4.79 Å². The quantitative estimate of drug-likeness (QED) is 0.877. The number of para-hydroxylation sites is 1. The molecular weight excluding hydrogens is 296 g/mol. The summed E-state index contributed by atoms with van der Waals surface area (Å²) in [7, 11) is 0. The Balaban J connectivity index is 0.00000176. The minimum Gasteiger partial charge on any atom is -0.382 e. The van der Waals surface area contributed by atoms with E-state index in [2.05, 4.69) is 33.0 Å². The number of carbonyl (C=O) groups excluding carboxylic acids is 1. The van der Waals surface area contributed by atoms with Crippen LogP contribution in [-0.4, -0.2) is 16.8 Å². The highest BCUT2D eigenvalue weighted by Crippen LogP contribution is 2.39. The van der Waals surface area contributed by atoms with Crippen molar-refractivity contribution in [1.29, 1.82) is 0 Å². The van der Waals surface area contributed by atoms with Crippen LogP contribution >= 0.6 is 12.4 Å². The molecular formula is C18H23ClN2O. The fraction of sp³-hybridized carbons (Fsp3) is 0.444. The molecule has 0 spiro atoms. The third-order valence-corrected chi connectivity index (χ3v) is 3.96. The van der Waals surface area contributed by atoms with E-state index in [1.165, 1.54) is 0 Å². The van der Waals surface area contributed by atoms with Gasteiger partial charge in [0.15, 0.2) is 5.78 Å². The van der Waals surface area contributed by atoms with Crippen molar-refractivity contribution in [2.45, 2.75) is 46.6 Å². The summed E-state index contributed by atoms with van der Waals surface area (Å²) in [5.41, 5.74) is 3.67. The highest BCUT2D eigenvalue weighted by atomic mass is 35.5. The molecule has 0 radical (unpaired) electrons. The van der Waals surface area contributed by atoms with Crippen LogP contribution in [0.3, 0.4) is 0 Å². The smallest absolute Gasteiger partial charge is 0.167 e. The topological polar surface area (TPSA) is 42.0 Å². The van der Waals surface area contributed by atoms with Crippen LogP contribution in [0.4, 0.5) is 5.69 Å². The first kappa shape index (κ1) is 16.8. The molecule has 1 heterocycles. The molecule has 0 unspecified atom stereocenters. The summed E-state index contributed by atoms with van der Waals surface area (Å²) >= 11 is 0. The molecule has 4 heteroatoms. The Hall–Kier alpha value is -1.61. The van der Waals surface area contributed by atoms with Crippen LogP contribution < -0.4 is 5.32 Å². The molecule has 0 bridgehead atoms. The van der Waals surface area contributed by atoms with Gasteiger partial charge in [-0.2, -0.15) is 0 Å². The van der Waals surface area contributed by atoms with Gasteiger partial charge in [-0.3, -0.25) is 9.78 Å². The van der Waals surface area contributed by atoms with Gasteiger partial charge >= 0.3 is 0 Å². The van der Waals surface area contributed by atoms with Crippen molar-refractivity contribution >= 4 is 34.8 Å². The number of ketones is 1. The lowest BCUT2D eigenvalue weighted by Crippen LogP contribution is -2.29. The van der Waals surface area contributed by atoms with E-state index in [1.54, 1.807) is 0 Å². The fourth-order valence-corrected chi connectivity index (χ4v) is 3.17. The van der Waals surface area contributed by atoms with Gasteiger partial charge in [0.1, 0.15) is 0 Å². The molecule has 0 atom stereocenters. The summed E-state index contributed by atoms with van der Waals surface area (Å²) in [5.74, 6) is 0.211. The predicted molar refractivity (Wildman–Crippen MR) is 94.2 cm³/mol. The largest absolute Gasteiger partial charge is 0.382 e. The van der Waals surface area contributed by atoms with Crippen molar-refractivity contribution in [3.8, 4) is 0 Å². The van der Waals surface area contributed by atoms with Gasteiger partial charge in [0.05, 0.1) is 22.5 Å². The number of Topliss-reactive ketones (excluding diaryl/α,β-unsaturated/α-hetero) is 1. The van der Waals surface area contributed by atoms with Crippen molar-refractivity contribution in [2.24, 2.45) is 5.41 Å². The first-order chi connectivity index (χ1) is 9.87. The highest BCUT2D eigenvalue weighted by Gasteiger charge is 2.34. The summed E-state index contributed by atoms with van der Waals surface area (Å²) in [5, 5.41) is 4.51. The van der Waals surface area contributed by atoms with Gasteiger partial charge in [0, 0.05) is 17.8 Å². The average Bonchev–Trinajstić information content (AvgIpc) is 2.35. The number of pyridine rings is 1. The summed E-state index contributed by atoms with van der Waals surface area (Å²) in [6, 6.07) is 8.34. The number of hydrogen-bond acceptors (Lipinski definition) is 3. The molecule has 0 amide bonds. The predicted octanol–water partition coefficient (Wildman–Crippen LogP) is 4.63. The number of nitrogens with zero attached hydrogens (tertiary/aromatic N) is 1. The van der Waals surface area contributed by atoms with E-state index in [0.717, 1.165) is 34.3 Å². The van der Waals surface area contributed by atoms with Gasteiger partial charge in [0.25, 0.3) is 0 Å². The molecule has 2 aromatic rings. The minimum absolute atomic E-state index is 0. The Bertz CT molecular complexity index is 722. The number of anilines is 1. The van der Waals surface area contributed by atoms with E-state index in [0.29, 0.717) is 6.42 Å². The summed E-state index contributed by atoms with van der Waals surface area (Å²) in [4.78, 5) is 17.4. The Morgan fingerprint density at radius 3 is 2.55 bits per heavy atom. The average molecular weight is 319 g/mol. The van der Waals surface area contributed by atoms with Crippen molar-refractivity contribution in [2.75, 3.05) is 5.32 Å². The van der Waals surface area contributed by atoms with Crippen LogP contribution in [0.15, 0.2) is 24.3 Å². The van der Waals surface area contributed by atoms with Gasteiger partial charge < -0.3 is 5.32 Å². The highest BCUT2D eigenvalue weighted by molar-refractivity contribution is 6.10. The van der Waals surface area contributed by atoms with Crippen LogP contribution in [0.25, 0.3) is 10.9 Å². The Labute approximate surface area is 137 Å². The number of hydrogen-bond donors (Lipinski definition) is 1. The standard InChI is InChI=1S/C18H22N2O.ClH/c1-11(2)19-17-12-7-5-6-8-13(12)20-14-9-18(3,4)10-15(21)16(14)17;/h5-8,11H,9-10H2,1-4H3,(H,19,20);1H. The second kappa shape index (κ2) is 5.88. The molecule has 0 saturated heterocycles. The Morgan fingerprint density at radius 1 is 1.18 bits per heavy atom. The summed E-state index contributed by atoms with van der Waals surface area (Å²) in [6.45, 7) is 8.47. The maximum Gasteiger partial charge on any atom is 0.167 e. The zero-order valence-corrected chi connectivity index (χ0v) is 14.4. The molecule has 22 heavy (non-hydrogen) atoms. The molecule has 3 nitrogen and oxygen atoms in total. The molecule has 0 fully saturated rings. The van der Waals surface area contributed by atoms with Crippen LogP contribution in [0, 0.1) is 5.41 Å². The third-order valence-electron chi connectivity index (χ3n) is 3.96. The summed E-state index contributed by atoms with van der Waals surface area (Å²) < 4.78 is 0. The molecule has 1 aliphatic rings. The van der Waals surface area contributed by atoms with Gasteiger partial charge in [0.2, 0.25) is 0 Å². The number of aromatic nitrogens is 1. The summed E-state index contributed by atoms with van der Waals surface area (Å²) in [6.07, 6.45) is 1.44. The van der Waals surface area contributed by atoms with E-state index >= 15 is 0 Å². The third kappa shape index (κ3) is 2.95. The molecule has 0 aliphatic heterocycles. The molecule has 0 saturated carbocycles. The molecule has 118 valence electrons. The number of carbonyl (C=O) groups is 1. The molecule has 1 aromatic carbocycles. The fourth-order valence-electron chi connectivity index (χ4n) is 3.17. The SMILES string of the molecule is CC(C)Nc1c2c(nc3ccccc13)CC(C)(C)CC2=O.Cl.